The summed E-state index contributed by atoms with van der Waals surface area (Å²) in [5.41, 5.74) is 0. The Balaban J connectivity index is 0. The molecular weight excluding hydrogens is 150 g/mol. The number of nitrogens with zero attached hydrogens (tertiary/aromatic N) is 1. The van der Waals surface area contributed by atoms with Gasteiger partial charge < -0.3 is 4.90 Å². The molecule has 0 radical (unpaired) electrons. The molecule has 0 unspecified atom stereocenters. The molecule has 0 N–H and O–H groups in total. The van der Waals surface area contributed by atoms with Crippen molar-refractivity contribution < 1.29 is 17.1 Å². The molecule has 1 nitrogen and oxygen atoms in total. The second kappa shape index (κ2) is 6.83. The van der Waals surface area contributed by atoms with Crippen LogP contribution in [-0.4, -0.2) is 31.3 Å². The maximum atomic E-state index is 4.02. The molecule has 0 saturated carbocycles. The van der Waals surface area contributed by atoms with Gasteiger partial charge in [-0.25, -0.2) is 0 Å². The van der Waals surface area contributed by atoms with E-state index >= 15 is 0 Å². The fourth-order valence-electron chi connectivity index (χ4n) is 0.200. The van der Waals surface area contributed by atoms with Crippen molar-refractivity contribution in [3.8, 4) is 0 Å². The number of hydrogen-bond acceptors (Lipinski definition) is 2. The number of rotatable bonds is 2. The Labute approximate surface area is 61.3 Å². The molecule has 0 bridgehead atoms. The van der Waals surface area contributed by atoms with Gasteiger partial charge in [-0.15, -0.1) is 0 Å². The molecular formula is C4H11FeNS. The monoisotopic (exact) mass is 161 g/mol. The summed E-state index contributed by atoms with van der Waals surface area (Å²) in [6.45, 7) is 1.07. The smallest absolute Gasteiger partial charge is 0.00637 e. The van der Waals surface area contributed by atoms with Gasteiger partial charge in [0.05, 0.1) is 0 Å². The van der Waals surface area contributed by atoms with Gasteiger partial charge in [-0.05, 0) is 14.1 Å². The van der Waals surface area contributed by atoms with E-state index < -0.39 is 0 Å². The Kier molecular flexibility index (Phi) is 10.5. The SMILES string of the molecule is CN(C)CCS.[Fe]. The molecule has 0 rings (SSSR count). The standard InChI is InChI=1S/C4H11NS.Fe/c1-5(2)3-4-6;/h6H,3-4H2,1-2H3;. The molecule has 0 aliphatic heterocycles. The van der Waals surface area contributed by atoms with E-state index in [0.717, 1.165) is 12.3 Å². The zero-order valence-electron chi connectivity index (χ0n) is 4.66. The van der Waals surface area contributed by atoms with Crippen LogP contribution < -0.4 is 0 Å². The Morgan fingerprint density at radius 1 is 1.43 bits per heavy atom. The minimum atomic E-state index is 0. The quantitative estimate of drug-likeness (QED) is 0.455. The van der Waals surface area contributed by atoms with Crippen LogP contribution in [0.5, 0.6) is 0 Å². The van der Waals surface area contributed by atoms with Crippen LogP contribution >= 0.6 is 12.6 Å². The summed E-state index contributed by atoms with van der Waals surface area (Å²) in [5, 5.41) is 0. The van der Waals surface area contributed by atoms with E-state index in [1.54, 1.807) is 0 Å². The van der Waals surface area contributed by atoms with Crippen LogP contribution in [0.4, 0.5) is 0 Å². The Hall–Kier alpha value is 0.829. The van der Waals surface area contributed by atoms with E-state index in [-0.39, 0.29) is 17.1 Å². The first-order valence-corrected chi connectivity index (χ1v) is 2.66. The van der Waals surface area contributed by atoms with Crippen LogP contribution in [0.15, 0.2) is 0 Å². The maximum absolute atomic E-state index is 4.02. The first-order chi connectivity index (χ1) is 2.77. The molecule has 7 heavy (non-hydrogen) atoms. The summed E-state index contributed by atoms with van der Waals surface area (Å²) in [6, 6.07) is 0. The fraction of sp³-hybridized carbons (Fsp3) is 1.00. The van der Waals surface area contributed by atoms with Crippen molar-refractivity contribution in [2.45, 2.75) is 0 Å². The molecule has 0 saturated heterocycles. The number of thiol groups is 1. The average Bonchev–Trinajstić information content (AvgIpc) is 1.35. The van der Waals surface area contributed by atoms with Crippen molar-refractivity contribution in [2.75, 3.05) is 26.4 Å². The zero-order valence-corrected chi connectivity index (χ0v) is 6.66. The van der Waals surface area contributed by atoms with Crippen LogP contribution in [0.2, 0.25) is 0 Å². The van der Waals surface area contributed by atoms with Crippen LogP contribution in [0.25, 0.3) is 0 Å². The van der Waals surface area contributed by atoms with Crippen LogP contribution in [-0.2, 0) is 17.1 Å². The van der Waals surface area contributed by atoms with Gasteiger partial charge in [-0.3, -0.25) is 0 Å². The summed E-state index contributed by atoms with van der Waals surface area (Å²) in [7, 11) is 4.08. The second-order valence-corrected chi connectivity index (χ2v) is 1.97. The van der Waals surface area contributed by atoms with Crippen LogP contribution in [0.1, 0.15) is 0 Å². The second-order valence-electron chi connectivity index (χ2n) is 1.53. The van der Waals surface area contributed by atoms with Crippen molar-refractivity contribution >= 4 is 12.6 Å². The summed E-state index contributed by atoms with van der Waals surface area (Å²) in [5.74, 6) is 0.951. The third-order valence-corrected chi connectivity index (χ3v) is 0.747. The molecule has 0 aromatic carbocycles. The molecule has 0 spiro atoms. The topological polar surface area (TPSA) is 3.24 Å². The van der Waals surface area contributed by atoms with Crippen molar-refractivity contribution in [2.24, 2.45) is 0 Å². The molecule has 3 heteroatoms. The molecule has 0 fully saturated rings. The van der Waals surface area contributed by atoms with Crippen molar-refractivity contribution in [1.29, 1.82) is 0 Å². The van der Waals surface area contributed by atoms with Crippen molar-refractivity contribution in [3.05, 3.63) is 0 Å². The van der Waals surface area contributed by atoms with Gasteiger partial charge in [-0.1, -0.05) is 0 Å². The minimum Gasteiger partial charge on any atom is -0.309 e. The molecule has 0 aliphatic rings. The first kappa shape index (κ1) is 10.7. The van der Waals surface area contributed by atoms with E-state index in [4.69, 9.17) is 0 Å². The summed E-state index contributed by atoms with van der Waals surface area (Å²) < 4.78 is 0. The normalized spacial score (nSPS) is 8.57. The maximum Gasteiger partial charge on any atom is 0.00637 e. The summed E-state index contributed by atoms with van der Waals surface area (Å²) in [4.78, 5) is 2.10. The molecule has 0 aliphatic carbocycles. The van der Waals surface area contributed by atoms with Gasteiger partial charge in [0.2, 0.25) is 0 Å². The third kappa shape index (κ3) is 10.9. The average molecular weight is 161 g/mol. The largest absolute Gasteiger partial charge is 0.309 e. The Bertz CT molecular complexity index is 32.9. The van der Waals surface area contributed by atoms with Gasteiger partial charge >= 0.3 is 0 Å². The minimum absolute atomic E-state index is 0. The van der Waals surface area contributed by atoms with Crippen LogP contribution in [0, 0.1) is 0 Å². The van der Waals surface area contributed by atoms with Gasteiger partial charge in [0.25, 0.3) is 0 Å². The summed E-state index contributed by atoms with van der Waals surface area (Å²) in [6.07, 6.45) is 0. The zero-order chi connectivity index (χ0) is 4.99. The van der Waals surface area contributed by atoms with E-state index in [1.165, 1.54) is 0 Å². The molecule has 0 atom stereocenters. The van der Waals surface area contributed by atoms with E-state index in [9.17, 15) is 0 Å². The molecule has 0 amide bonds. The van der Waals surface area contributed by atoms with Crippen molar-refractivity contribution in [3.63, 3.8) is 0 Å². The van der Waals surface area contributed by atoms with E-state index in [1.807, 2.05) is 14.1 Å². The fourth-order valence-corrected chi connectivity index (χ4v) is 0.600. The first-order valence-electron chi connectivity index (χ1n) is 2.03. The molecule has 0 aromatic rings. The Morgan fingerprint density at radius 3 is 1.86 bits per heavy atom. The number of hydrogen-bond donors (Lipinski definition) is 1. The predicted molar refractivity (Wildman–Crippen MR) is 32.4 cm³/mol. The van der Waals surface area contributed by atoms with Crippen molar-refractivity contribution in [1.82, 2.24) is 4.90 Å². The molecule has 0 aromatic heterocycles. The van der Waals surface area contributed by atoms with Crippen LogP contribution in [0.3, 0.4) is 0 Å². The van der Waals surface area contributed by atoms with Gasteiger partial charge in [-0.2, -0.15) is 12.6 Å². The molecule has 0 heterocycles. The Morgan fingerprint density at radius 2 is 1.86 bits per heavy atom. The van der Waals surface area contributed by atoms with E-state index in [2.05, 4.69) is 17.5 Å². The van der Waals surface area contributed by atoms with Gasteiger partial charge in [0, 0.05) is 29.4 Å². The van der Waals surface area contributed by atoms with E-state index in [0.29, 0.717) is 0 Å². The summed E-state index contributed by atoms with van der Waals surface area (Å²) >= 11 is 4.02. The molecule has 46 valence electrons. The third-order valence-electron chi connectivity index (χ3n) is 0.547. The predicted octanol–water partition coefficient (Wildman–Crippen LogP) is 0.475. The van der Waals surface area contributed by atoms with Gasteiger partial charge in [0.15, 0.2) is 0 Å². The van der Waals surface area contributed by atoms with Gasteiger partial charge in [0.1, 0.15) is 0 Å².